The molecule has 0 heterocycles. The molecule has 1 unspecified atom stereocenters. The third-order valence-corrected chi connectivity index (χ3v) is 2.98. The minimum atomic E-state index is -0.933. The van der Waals surface area contributed by atoms with Crippen molar-refractivity contribution in [3.8, 4) is 0 Å². The van der Waals surface area contributed by atoms with E-state index < -0.39 is 17.8 Å². The van der Waals surface area contributed by atoms with Crippen LogP contribution in [0, 0.1) is 5.92 Å². The first-order valence-electron chi connectivity index (χ1n) is 7.02. The van der Waals surface area contributed by atoms with E-state index >= 15 is 0 Å². The van der Waals surface area contributed by atoms with Crippen LogP contribution in [0.3, 0.4) is 0 Å². The molecule has 0 saturated heterocycles. The second kappa shape index (κ2) is 8.89. The number of ketones is 1. The third-order valence-electron chi connectivity index (χ3n) is 2.98. The summed E-state index contributed by atoms with van der Waals surface area (Å²) in [5.41, 5.74) is 0.944. The fourth-order valence-electron chi connectivity index (χ4n) is 1.85. The van der Waals surface area contributed by atoms with Crippen LogP contribution in [0.5, 0.6) is 0 Å². The lowest BCUT2D eigenvalue weighted by molar-refractivity contribution is -0.152. The van der Waals surface area contributed by atoms with Crippen molar-refractivity contribution in [2.45, 2.75) is 33.2 Å². The highest BCUT2D eigenvalue weighted by molar-refractivity contribution is 5.98. The second-order valence-corrected chi connectivity index (χ2v) is 4.75. The Morgan fingerprint density at radius 1 is 1.19 bits per heavy atom. The number of ether oxygens (including phenoxy) is 1. The van der Waals surface area contributed by atoms with E-state index in [-0.39, 0.29) is 25.2 Å². The van der Waals surface area contributed by atoms with Crippen molar-refractivity contribution in [2.24, 2.45) is 5.92 Å². The van der Waals surface area contributed by atoms with Crippen LogP contribution in [-0.4, -0.2) is 24.3 Å². The standard InChI is InChI=1S/C16H21NO4/c1-3-21-16(20)14(10-9-12(2)18)15(19)17-11-13-7-5-4-6-8-13/h4-8,14H,3,9-11H2,1-2H3,(H,17,19). The molecule has 114 valence electrons. The molecule has 5 nitrogen and oxygen atoms in total. The summed E-state index contributed by atoms with van der Waals surface area (Å²) < 4.78 is 4.90. The molecule has 1 rings (SSSR count). The van der Waals surface area contributed by atoms with Gasteiger partial charge in [-0.3, -0.25) is 9.59 Å². The van der Waals surface area contributed by atoms with Gasteiger partial charge in [-0.2, -0.15) is 0 Å². The summed E-state index contributed by atoms with van der Waals surface area (Å²) in [5, 5.41) is 2.71. The monoisotopic (exact) mass is 291 g/mol. The Balaban J connectivity index is 2.61. The normalized spacial score (nSPS) is 11.5. The summed E-state index contributed by atoms with van der Waals surface area (Å²) in [7, 11) is 0. The molecular formula is C16H21NO4. The van der Waals surface area contributed by atoms with Gasteiger partial charge in [-0.15, -0.1) is 0 Å². The molecule has 1 aromatic rings. The molecule has 1 N–H and O–H groups in total. The molecule has 0 aliphatic rings. The van der Waals surface area contributed by atoms with Crippen LogP contribution in [0.25, 0.3) is 0 Å². The minimum absolute atomic E-state index is 0.0554. The quantitative estimate of drug-likeness (QED) is 0.586. The average molecular weight is 291 g/mol. The van der Waals surface area contributed by atoms with E-state index in [0.29, 0.717) is 6.54 Å². The summed E-state index contributed by atoms with van der Waals surface area (Å²) in [5.74, 6) is -1.97. The Morgan fingerprint density at radius 2 is 1.86 bits per heavy atom. The zero-order valence-electron chi connectivity index (χ0n) is 12.4. The Hall–Kier alpha value is -2.17. The summed E-state index contributed by atoms with van der Waals surface area (Å²) >= 11 is 0. The van der Waals surface area contributed by atoms with Gasteiger partial charge >= 0.3 is 5.97 Å². The molecule has 0 aromatic heterocycles. The van der Waals surface area contributed by atoms with Gasteiger partial charge in [-0.05, 0) is 25.8 Å². The highest BCUT2D eigenvalue weighted by atomic mass is 16.5. The lowest BCUT2D eigenvalue weighted by Crippen LogP contribution is -2.36. The van der Waals surface area contributed by atoms with E-state index in [1.165, 1.54) is 6.92 Å². The van der Waals surface area contributed by atoms with Crippen LogP contribution in [-0.2, 0) is 25.7 Å². The summed E-state index contributed by atoms with van der Waals surface area (Å²) in [4.78, 5) is 35.0. The zero-order valence-corrected chi connectivity index (χ0v) is 12.4. The van der Waals surface area contributed by atoms with Gasteiger partial charge in [-0.25, -0.2) is 0 Å². The van der Waals surface area contributed by atoms with Gasteiger partial charge in [0.1, 0.15) is 11.7 Å². The fourth-order valence-corrected chi connectivity index (χ4v) is 1.85. The van der Waals surface area contributed by atoms with Crippen LogP contribution >= 0.6 is 0 Å². The number of rotatable bonds is 8. The van der Waals surface area contributed by atoms with Crippen LogP contribution < -0.4 is 5.32 Å². The smallest absolute Gasteiger partial charge is 0.318 e. The number of esters is 1. The molecular weight excluding hydrogens is 270 g/mol. The topological polar surface area (TPSA) is 72.5 Å². The van der Waals surface area contributed by atoms with Gasteiger partial charge in [0.05, 0.1) is 6.61 Å². The van der Waals surface area contributed by atoms with Crippen molar-refractivity contribution in [1.82, 2.24) is 5.32 Å². The maximum absolute atomic E-state index is 12.1. The van der Waals surface area contributed by atoms with Crippen molar-refractivity contribution >= 4 is 17.7 Å². The molecule has 0 bridgehead atoms. The second-order valence-electron chi connectivity index (χ2n) is 4.75. The SMILES string of the molecule is CCOC(=O)C(CCC(C)=O)C(=O)NCc1ccccc1. The number of carbonyl (C=O) groups excluding carboxylic acids is 3. The van der Waals surface area contributed by atoms with Crippen LogP contribution in [0.15, 0.2) is 30.3 Å². The van der Waals surface area contributed by atoms with E-state index in [1.807, 2.05) is 30.3 Å². The van der Waals surface area contributed by atoms with E-state index in [4.69, 9.17) is 4.74 Å². The van der Waals surface area contributed by atoms with Gasteiger partial charge < -0.3 is 14.8 Å². The zero-order chi connectivity index (χ0) is 15.7. The van der Waals surface area contributed by atoms with Gasteiger partial charge in [0, 0.05) is 13.0 Å². The van der Waals surface area contributed by atoms with E-state index in [2.05, 4.69) is 5.32 Å². The van der Waals surface area contributed by atoms with Gasteiger partial charge in [0.15, 0.2) is 0 Å². The van der Waals surface area contributed by atoms with Crippen molar-refractivity contribution in [2.75, 3.05) is 6.61 Å². The van der Waals surface area contributed by atoms with Crippen molar-refractivity contribution < 1.29 is 19.1 Å². The maximum Gasteiger partial charge on any atom is 0.318 e. The molecule has 1 atom stereocenters. The Morgan fingerprint density at radius 3 is 2.43 bits per heavy atom. The molecule has 0 radical (unpaired) electrons. The van der Waals surface area contributed by atoms with Gasteiger partial charge in [-0.1, -0.05) is 30.3 Å². The largest absolute Gasteiger partial charge is 0.465 e. The number of Topliss-reactive ketones (excluding diaryl/α,β-unsaturated/α-hetero) is 1. The van der Waals surface area contributed by atoms with Gasteiger partial charge in [0.25, 0.3) is 0 Å². The molecule has 0 saturated carbocycles. The van der Waals surface area contributed by atoms with Crippen LogP contribution in [0.2, 0.25) is 0 Å². The minimum Gasteiger partial charge on any atom is -0.465 e. The first kappa shape index (κ1) is 16.9. The van der Waals surface area contributed by atoms with E-state index in [0.717, 1.165) is 5.56 Å². The summed E-state index contributed by atoms with van der Waals surface area (Å²) in [6.07, 6.45) is 0.358. The molecule has 0 aliphatic heterocycles. The van der Waals surface area contributed by atoms with Crippen molar-refractivity contribution in [1.29, 1.82) is 0 Å². The lowest BCUT2D eigenvalue weighted by Gasteiger charge is -2.15. The van der Waals surface area contributed by atoms with E-state index in [9.17, 15) is 14.4 Å². The molecule has 1 aromatic carbocycles. The Bertz CT molecular complexity index is 484. The number of hydrogen-bond acceptors (Lipinski definition) is 4. The number of amides is 1. The summed E-state index contributed by atoms with van der Waals surface area (Å²) in [6, 6.07) is 9.41. The van der Waals surface area contributed by atoms with Crippen molar-refractivity contribution in [3.63, 3.8) is 0 Å². The molecule has 0 fully saturated rings. The third kappa shape index (κ3) is 6.21. The first-order chi connectivity index (χ1) is 10.0. The molecule has 21 heavy (non-hydrogen) atoms. The van der Waals surface area contributed by atoms with Gasteiger partial charge in [0.2, 0.25) is 5.91 Å². The number of hydrogen-bond donors (Lipinski definition) is 1. The molecule has 0 spiro atoms. The number of benzene rings is 1. The molecule has 0 aliphatic carbocycles. The number of nitrogens with one attached hydrogen (secondary N) is 1. The van der Waals surface area contributed by atoms with Crippen LogP contribution in [0.4, 0.5) is 0 Å². The number of carbonyl (C=O) groups is 3. The predicted octanol–water partition coefficient (Wildman–Crippen LogP) is 1.85. The summed E-state index contributed by atoms with van der Waals surface area (Å²) in [6.45, 7) is 3.67. The first-order valence-corrected chi connectivity index (χ1v) is 7.02. The predicted molar refractivity (Wildman–Crippen MR) is 78.3 cm³/mol. The Kier molecular flexibility index (Phi) is 7.15. The van der Waals surface area contributed by atoms with E-state index in [1.54, 1.807) is 6.92 Å². The average Bonchev–Trinajstić information content (AvgIpc) is 2.46. The maximum atomic E-state index is 12.1. The molecule has 5 heteroatoms. The highest BCUT2D eigenvalue weighted by Gasteiger charge is 2.27. The molecule has 1 amide bonds. The fraction of sp³-hybridized carbons (Fsp3) is 0.438. The Labute approximate surface area is 124 Å². The highest BCUT2D eigenvalue weighted by Crippen LogP contribution is 2.11. The van der Waals surface area contributed by atoms with Crippen molar-refractivity contribution in [3.05, 3.63) is 35.9 Å². The lowest BCUT2D eigenvalue weighted by atomic mass is 10.0. The van der Waals surface area contributed by atoms with Crippen LogP contribution in [0.1, 0.15) is 32.3 Å².